The highest BCUT2D eigenvalue weighted by molar-refractivity contribution is 6.22. The molecule has 1 aromatic rings. The molecule has 1 N–H and O–H groups in total. The van der Waals surface area contributed by atoms with Crippen molar-refractivity contribution in [2.45, 2.75) is 6.92 Å². The Bertz CT molecular complexity index is 619. The summed E-state index contributed by atoms with van der Waals surface area (Å²) in [7, 11) is 4.31. The molecule has 0 radical (unpaired) electrons. The fourth-order valence-corrected chi connectivity index (χ4v) is 1.76. The molecule has 6 heteroatoms. The van der Waals surface area contributed by atoms with Crippen LogP contribution in [0.1, 0.15) is 12.5 Å². The first-order valence-corrected chi connectivity index (χ1v) is 7.03. The van der Waals surface area contributed by atoms with Gasteiger partial charge in [0.05, 0.1) is 21.3 Å². The minimum Gasteiger partial charge on any atom is -0.493 e. The number of benzene rings is 1. The maximum Gasteiger partial charge on any atom is 0.343 e. The monoisotopic (exact) mass is 319 g/mol. The summed E-state index contributed by atoms with van der Waals surface area (Å²) >= 11 is 0. The van der Waals surface area contributed by atoms with Crippen LogP contribution in [-0.2, 0) is 14.3 Å². The van der Waals surface area contributed by atoms with E-state index < -0.39 is 11.8 Å². The number of hydrogen-bond donors (Lipinski definition) is 1. The summed E-state index contributed by atoms with van der Waals surface area (Å²) in [5.74, 6) is 0.0113. The zero-order valence-electron chi connectivity index (χ0n) is 13.7. The normalized spacial score (nSPS) is 11.2. The lowest BCUT2D eigenvalue weighted by Gasteiger charge is -2.07. The lowest BCUT2D eigenvalue weighted by Crippen LogP contribution is -2.17. The predicted molar refractivity (Wildman–Crippen MR) is 87.4 cm³/mol. The van der Waals surface area contributed by atoms with E-state index >= 15 is 0 Å². The molecular formula is C17H21NO5. The predicted octanol–water partition coefficient (Wildman–Crippen LogP) is 1.95. The number of esters is 1. The second kappa shape index (κ2) is 9.30. The van der Waals surface area contributed by atoms with Crippen molar-refractivity contribution >= 4 is 17.8 Å². The Hall–Kier alpha value is -2.76. The number of carbonyl (C=O) groups excluding carboxylic acids is 2. The lowest BCUT2D eigenvalue weighted by atomic mass is 10.1. The van der Waals surface area contributed by atoms with Gasteiger partial charge < -0.3 is 19.5 Å². The fraction of sp³-hybridized carbons (Fsp3) is 0.294. The first kappa shape index (κ1) is 18.3. The van der Waals surface area contributed by atoms with E-state index in [1.54, 1.807) is 31.4 Å². The summed E-state index contributed by atoms with van der Waals surface area (Å²) in [6, 6.07) is 5.24. The van der Waals surface area contributed by atoms with Gasteiger partial charge in [-0.3, -0.25) is 4.79 Å². The topological polar surface area (TPSA) is 73.9 Å². The van der Waals surface area contributed by atoms with Crippen molar-refractivity contribution in [2.24, 2.45) is 0 Å². The van der Waals surface area contributed by atoms with Gasteiger partial charge in [0, 0.05) is 12.7 Å². The van der Waals surface area contributed by atoms with Crippen molar-refractivity contribution in [2.75, 3.05) is 27.9 Å². The zero-order valence-corrected chi connectivity index (χ0v) is 13.7. The zero-order chi connectivity index (χ0) is 17.2. The quantitative estimate of drug-likeness (QED) is 0.342. The number of allylic oxidation sites excluding steroid dienone is 1. The van der Waals surface area contributed by atoms with Crippen molar-refractivity contribution in [1.82, 2.24) is 5.32 Å². The van der Waals surface area contributed by atoms with E-state index in [1.807, 2.05) is 6.92 Å². The van der Waals surface area contributed by atoms with Gasteiger partial charge in [-0.05, 0) is 30.7 Å². The second-order valence-electron chi connectivity index (χ2n) is 4.42. The van der Waals surface area contributed by atoms with Gasteiger partial charge in [-0.25, -0.2) is 4.79 Å². The van der Waals surface area contributed by atoms with E-state index in [1.165, 1.54) is 26.5 Å². The standard InChI is InChI=1S/C17H21NO5/c1-5-18-11-13(17(20)23-4)14(19)8-6-12-7-9-15(21-2)16(10-12)22-3/h6-11,18H,5H2,1-4H3. The van der Waals surface area contributed by atoms with Crippen molar-refractivity contribution in [3.63, 3.8) is 0 Å². The third-order valence-electron chi connectivity index (χ3n) is 2.96. The van der Waals surface area contributed by atoms with E-state index in [0.29, 0.717) is 18.0 Å². The summed E-state index contributed by atoms with van der Waals surface area (Å²) in [5.41, 5.74) is 0.676. The van der Waals surface area contributed by atoms with Crippen LogP contribution in [-0.4, -0.2) is 39.6 Å². The fourth-order valence-electron chi connectivity index (χ4n) is 1.76. The minimum absolute atomic E-state index is 0.0638. The van der Waals surface area contributed by atoms with E-state index in [2.05, 4.69) is 10.1 Å². The van der Waals surface area contributed by atoms with Crippen LogP contribution >= 0.6 is 0 Å². The van der Waals surface area contributed by atoms with Crippen LogP contribution in [0.25, 0.3) is 6.08 Å². The molecule has 0 unspecified atom stereocenters. The first-order valence-electron chi connectivity index (χ1n) is 7.03. The number of nitrogens with one attached hydrogen (secondary N) is 1. The molecule has 0 aliphatic heterocycles. The third-order valence-corrected chi connectivity index (χ3v) is 2.96. The molecule has 0 aromatic heterocycles. The van der Waals surface area contributed by atoms with Gasteiger partial charge >= 0.3 is 5.97 Å². The highest BCUT2D eigenvalue weighted by Crippen LogP contribution is 2.28. The molecule has 0 saturated carbocycles. The SMILES string of the molecule is CCNC=C(C(=O)C=Cc1ccc(OC)c(OC)c1)C(=O)OC. The molecule has 23 heavy (non-hydrogen) atoms. The van der Waals surface area contributed by atoms with E-state index in [0.717, 1.165) is 5.56 Å². The molecule has 124 valence electrons. The van der Waals surface area contributed by atoms with Gasteiger partial charge in [-0.1, -0.05) is 12.1 Å². The summed E-state index contributed by atoms with van der Waals surface area (Å²) in [6.45, 7) is 2.45. The van der Waals surface area contributed by atoms with Crippen LogP contribution in [0.4, 0.5) is 0 Å². The number of ketones is 1. The Labute approximate surface area is 135 Å². The van der Waals surface area contributed by atoms with Crippen molar-refractivity contribution in [3.8, 4) is 11.5 Å². The van der Waals surface area contributed by atoms with Crippen LogP contribution in [0.15, 0.2) is 36.0 Å². The summed E-state index contributed by atoms with van der Waals surface area (Å²) in [6.07, 6.45) is 4.25. The van der Waals surface area contributed by atoms with Gasteiger partial charge in [-0.2, -0.15) is 0 Å². The van der Waals surface area contributed by atoms with Crippen LogP contribution in [0, 0.1) is 0 Å². The number of carbonyl (C=O) groups is 2. The molecule has 1 aromatic carbocycles. The average molecular weight is 319 g/mol. The Kier molecular flexibility index (Phi) is 7.39. The van der Waals surface area contributed by atoms with E-state index in [9.17, 15) is 9.59 Å². The van der Waals surface area contributed by atoms with Gasteiger partial charge in [0.2, 0.25) is 0 Å². The summed E-state index contributed by atoms with van der Waals surface area (Å²) in [5, 5.41) is 2.82. The molecule has 0 bridgehead atoms. The molecule has 1 rings (SSSR count). The highest BCUT2D eigenvalue weighted by Gasteiger charge is 2.16. The average Bonchev–Trinajstić information content (AvgIpc) is 2.59. The molecule has 6 nitrogen and oxygen atoms in total. The van der Waals surface area contributed by atoms with Gasteiger partial charge in [0.15, 0.2) is 17.3 Å². The largest absolute Gasteiger partial charge is 0.493 e. The molecule has 0 atom stereocenters. The second-order valence-corrected chi connectivity index (χ2v) is 4.42. The van der Waals surface area contributed by atoms with E-state index in [4.69, 9.17) is 9.47 Å². The highest BCUT2D eigenvalue weighted by atomic mass is 16.5. The van der Waals surface area contributed by atoms with Gasteiger partial charge in [-0.15, -0.1) is 0 Å². The molecule has 0 fully saturated rings. The maximum atomic E-state index is 12.1. The number of rotatable bonds is 8. The van der Waals surface area contributed by atoms with E-state index in [-0.39, 0.29) is 5.57 Å². The molecular weight excluding hydrogens is 298 g/mol. The Morgan fingerprint density at radius 1 is 1.13 bits per heavy atom. The Balaban J connectivity index is 2.98. The van der Waals surface area contributed by atoms with Crippen LogP contribution in [0.5, 0.6) is 11.5 Å². The van der Waals surface area contributed by atoms with Crippen LogP contribution < -0.4 is 14.8 Å². The third kappa shape index (κ3) is 5.18. The molecule has 0 amide bonds. The molecule has 0 spiro atoms. The number of hydrogen-bond acceptors (Lipinski definition) is 6. The van der Waals surface area contributed by atoms with Crippen molar-refractivity contribution in [1.29, 1.82) is 0 Å². The van der Waals surface area contributed by atoms with Gasteiger partial charge in [0.1, 0.15) is 5.57 Å². The maximum absolute atomic E-state index is 12.1. The van der Waals surface area contributed by atoms with Crippen molar-refractivity contribution < 1.29 is 23.8 Å². The lowest BCUT2D eigenvalue weighted by molar-refractivity contribution is -0.137. The smallest absolute Gasteiger partial charge is 0.343 e. The molecule has 0 aliphatic carbocycles. The molecule has 0 saturated heterocycles. The van der Waals surface area contributed by atoms with Crippen LogP contribution in [0.3, 0.4) is 0 Å². The number of methoxy groups -OCH3 is 3. The number of ether oxygens (including phenoxy) is 3. The minimum atomic E-state index is -0.687. The molecule has 0 aliphatic rings. The summed E-state index contributed by atoms with van der Waals surface area (Å²) in [4.78, 5) is 23.8. The Morgan fingerprint density at radius 2 is 1.83 bits per heavy atom. The Morgan fingerprint density at radius 3 is 2.39 bits per heavy atom. The van der Waals surface area contributed by atoms with Crippen molar-refractivity contribution in [3.05, 3.63) is 41.6 Å². The van der Waals surface area contributed by atoms with Crippen LogP contribution in [0.2, 0.25) is 0 Å². The first-order chi connectivity index (χ1) is 11.1. The molecule has 0 heterocycles. The summed E-state index contributed by atoms with van der Waals surface area (Å²) < 4.78 is 15.0. The van der Waals surface area contributed by atoms with Gasteiger partial charge in [0.25, 0.3) is 0 Å².